The molecule has 0 saturated carbocycles. The van der Waals surface area contributed by atoms with Gasteiger partial charge in [0.2, 0.25) is 0 Å². The van der Waals surface area contributed by atoms with E-state index in [1.807, 2.05) is 0 Å². The van der Waals surface area contributed by atoms with Crippen LogP contribution in [0.1, 0.15) is 50.3 Å². The molecule has 0 bridgehead atoms. The van der Waals surface area contributed by atoms with Crippen molar-refractivity contribution in [2.24, 2.45) is 7.05 Å². The van der Waals surface area contributed by atoms with Gasteiger partial charge in [0, 0.05) is 18.9 Å². The second kappa shape index (κ2) is 4.50. The zero-order chi connectivity index (χ0) is 9.84. The van der Waals surface area contributed by atoms with Crippen LogP contribution in [0.3, 0.4) is 0 Å². The monoisotopic (exact) mass is 179 g/mol. The molecule has 0 aliphatic heterocycles. The maximum atomic E-state index is 2.28. The van der Waals surface area contributed by atoms with Crippen molar-refractivity contribution in [3.8, 4) is 0 Å². The Kier molecular flexibility index (Phi) is 3.58. The van der Waals surface area contributed by atoms with Crippen molar-refractivity contribution in [2.45, 2.75) is 46.0 Å². The number of hydrogen-bond donors (Lipinski definition) is 0. The lowest BCUT2D eigenvalue weighted by atomic mass is 9.92. The smallest absolute Gasteiger partial charge is 0.0175 e. The first-order chi connectivity index (χ1) is 6.20. The Morgan fingerprint density at radius 3 is 2.46 bits per heavy atom. The number of aromatic nitrogens is 1. The third kappa shape index (κ3) is 2.15. The molecule has 1 heteroatoms. The molecule has 0 radical (unpaired) electrons. The van der Waals surface area contributed by atoms with E-state index in [4.69, 9.17) is 0 Å². The highest BCUT2D eigenvalue weighted by atomic mass is 14.9. The van der Waals surface area contributed by atoms with Gasteiger partial charge in [0.15, 0.2) is 0 Å². The maximum Gasteiger partial charge on any atom is 0.0175 e. The van der Waals surface area contributed by atoms with Gasteiger partial charge in [-0.05, 0) is 37.3 Å². The minimum Gasteiger partial charge on any atom is -0.354 e. The van der Waals surface area contributed by atoms with Gasteiger partial charge in [-0.15, -0.1) is 0 Å². The molecular formula is C12H21N. The van der Waals surface area contributed by atoms with E-state index in [1.54, 1.807) is 5.56 Å². The van der Waals surface area contributed by atoms with Crippen molar-refractivity contribution in [3.63, 3.8) is 0 Å². The summed E-state index contributed by atoms with van der Waals surface area (Å²) >= 11 is 0. The van der Waals surface area contributed by atoms with Gasteiger partial charge in [0.05, 0.1) is 0 Å². The van der Waals surface area contributed by atoms with Gasteiger partial charge in [0.25, 0.3) is 0 Å². The van der Waals surface area contributed by atoms with Gasteiger partial charge >= 0.3 is 0 Å². The zero-order valence-electron chi connectivity index (χ0n) is 9.30. The zero-order valence-corrected chi connectivity index (χ0v) is 9.30. The number of nitrogens with zero attached hydrogens (tertiary/aromatic N) is 1. The van der Waals surface area contributed by atoms with Crippen LogP contribution in [0.15, 0.2) is 12.3 Å². The van der Waals surface area contributed by atoms with Crippen molar-refractivity contribution in [1.82, 2.24) is 4.57 Å². The van der Waals surface area contributed by atoms with Gasteiger partial charge in [-0.1, -0.05) is 20.3 Å². The Balaban J connectivity index is 2.84. The predicted molar refractivity (Wildman–Crippen MR) is 58.1 cm³/mol. The summed E-state index contributed by atoms with van der Waals surface area (Å²) in [6.07, 6.45) is 6.04. The Bertz CT molecular complexity index is 260. The molecule has 0 spiro atoms. The first kappa shape index (κ1) is 10.4. The summed E-state index contributed by atoms with van der Waals surface area (Å²) in [5.41, 5.74) is 2.98. The molecule has 13 heavy (non-hydrogen) atoms. The molecule has 0 aliphatic carbocycles. The van der Waals surface area contributed by atoms with E-state index >= 15 is 0 Å². The summed E-state index contributed by atoms with van der Waals surface area (Å²) in [6.45, 7) is 6.77. The summed E-state index contributed by atoms with van der Waals surface area (Å²) in [4.78, 5) is 0. The summed E-state index contributed by atoms with van der Waals surface area (Å²) in [7, 11) is 2.12. The molecule has 1 aromatic rings. The van der Waals surface area contributed by atoms with Crippen LogP contribution >= 0.6 is 0 Å². The van der Waals surface area contributed by atoms with Crippen molar-refractivity contribution in [1.29, 1.82) is 0 Å². The Labute approximate surface area is 81.8 Å². The van der Waals surface area contributed by atoms with Crippen LogP contribution in [0.4, 0.5) is 0 Å². The van der Waals surface area contributed by atoms with Crippen LogP contribution in [-0.2, 0) is 7.05 Å². The summed E-state index contributed by atoms with van der Waals surface area (Å²) in [6, 6.07) is 2.28. The quantitative estimate of drug-likeness (QED) is 0.665. The lowest BCUT2D eigenvalue weighted by molar-refractivity contribution is 0.591. The predicted octanol–water partition coefficient (Wildman–Crippen LogP) is 3.63. The molecule has 0 N–H and O–H groups in total. The Morgan fingerprint density at radius 1 is 1.38 bits per heavy atom. The largest absolute Gasteiger partial charge is 0.354 e. The van der Waals surface area contributed by atoms with Crippen molar-refractivity contribution < 1.29 is 0 Å². The van der Waals surface area contributed by atoms with E-state index in [1.165, 1.54) is 25.0 Å². The molecule has 0 saturated heterocycles. The summed E-state index contributed by atoms with van der Waals surface area (Å²) < 4.78 is 2.22. The van der Waals surface area contributed by atoms with E-state index in [9.17, 15) is 0 Å². The van der Waals surface area contributed by atoms with Gasteiger partial charge in [-0.2, -0.15) is 0 Å². The molecule has 0 amide bonds. The number of hydrogen-bond acceptors (Lipinski definition) is 0. The molecular weight excluding hydrogens is 158 g/mol. The van der Waals surface area contributed by atoms with E-state index in [0.29, 0.717) is 0 Å². The van der Waals surface area contributed by atoms with Crippen LogP contribution in [0, 0.1) is 6.92 Å². The maximum absolute atomic E-state index is 2.28. The van der Waals surface area contributed by atoms with Crippen LogP contribution in [0.5, 0.6) is 0 Å². The first-order valence-electron chi connectivity index (χ1n) is 5.32. The van der Waals surface area contributed by atoms with Crippen LogP contribution in [0.2, 0.25) is 0 Å². The number of rotatable bonds is 4. The normalized spacial score (nSPS) is 13.2. The Morgan fingerprint density at radius 2 is 2.08 bits per heavy atom. The molecule has 0 aromatic carbocycles. The van der Waals surface area contributed by atoms with Gasteiger partial charge in [-0.3, -0.25) is 0 Å². The lowest BCUT2D eigenvalue weighted by Gasteiger charge is -2.14. The molecule has 0 aliphatic rings. The highest BCUT2D eigenvalue weighted by molar-refractivity contribution is 5.25. The average Bonchev–Trinajstić information content (AvgIpc) is 2.45. The van der Waals surface area contributed by atoms with Gasteiger partial charge in [0.1, 0.15) is 0 Å². The molecule has 1 nitrogen and oxygen atoms in total. The molecule has 1 atom stereocenters. The lowest BCUT2D eigenvalue weighted by Crippen LogP contribution is -1.99. The van der Waals surface area contributed by atoms with Crippen LogP contribution in [0.25, 0.3) is 0 Å². The van der Waals surface area contributed by atoms with Crippen LogP contribution < -0.4 is 0 Å². The fourth-order valence-corrected chi connectivity index (χ4v) is 1.99. The van der Waals surface area contributed by atoms with Gasteiger partial charge in [-0.25, -0.2) is 0 Å². The first-order valence-corrected chi connectivity index (χ1v) is 5.32. The third-order valence-electron chi connectivity index (χ3n) is 2.99. The van der Waals surface area contributed by atoms with Crippen LogP contribution in [-0.4, -0.2) is 4.57 Å². The van der Waals surface area contributed by atoms with E-state index in [0.717, 1.165) is 5.92 Å². The minimum atomic E-state index is 0.770. The second-order valence-corrected chi connectivity index (χ2v) is 3.86. The fraction of sp³-hybridized carbons (Fsp3) is 0.667. The minimum absolute atomic E-state index is 0.770. The number of aryl methyl sites for hydroxylation is 1. The SMILES string of the molecule is CCCC(CC)c1ccn(C)c1C. The molecule has 0 fully saturated rings. The van der Waals surface area contributed by atoms with Gasteiger partial charge < -0.3 is 4.57 Å². The van der Waals surface area contributed by atoms with E-state index < -0.39 is 0 Å². The Hall–Kier alpha value is -0.720. The fourth-order valence-electron chi connectivity index (χ4n) is 1.99. The van der Waals surface area contributed by atoms with E-state index in [-0.39, 0.29) is 0 Å². The molecule has 1 unspecified atom stereocenters. The topological polar surface area (TPSA) is 4.93 Å². The van der Waals surface area contributed by atoms with Crippen molar-refractivity contribution >= 4 is 0 Å². The molecule has 1 heterocycles. The highest BCUT2D eigenvalue weighted by Crippen LogP contribution is 2.27. The molecule has 74 valence electrons. The summed E-state index contributed by atoms with van der Waals surface area (Å²) in [5.74, 6) is 0.770. The molecule has 1 aromatic heterocycles. The van der Waals surface area contributed by atoms with E-state index in [2.05, 4.69) is 44.6 Å². The molecule has 1 rings (SSSR count). The third-order valence-corrected chi connectivity index (χ3v) is 2.99. The standard InChI is InChI=1S/C12H21N/c1-5-7-11(6-2)12-8-9-13(4)10(12)3/h8-9,11H,5-7H2,1-4H3. The average molecular weight is 179 g/mol. The summed E-state index contributed by atoms with van der Waals surface area (Å²) in [5, 5.41) is 0. The van der Waals surface area contributed by atoms with Crippen molar-refractivity contribution in [2.75, 3.05) is 0 Å². The highest BCUT2D eigenvalue weighted by Gasteiger charge is 2.12. The van der Waals surface area contributed by atoms with Crippen molar-refractivity contribution in [3.05, 3.63) is 23.5 Å². The second-order valence-electron chi connectivity index (χ2n) is 3.86.